The Morgan fingerprint density at radius 1 is 1.17 bits per heavy atom. The zero-order valence-electron chi connectivity index (χ0n) is 17.1. The molecule has 1 aromatic carbocycles. The van der Waals surface area contributed by atoms with Crippen LogP contribution in [-0.2, 0) is 11.3 Å². The number of rotatable bonds is 4. The van der Waals surface area contributed by atoms with Gasteiger partial charge in [0.25, 0.3) is 0 Å². The van der Waals surface area contributed by atoms with Gasteiger partial charge in [-0.3, -0.25) is 4.79 Å². The monoisotopic (exact) mass is 438 g/mol. The lowest BCUT2D eigenvalue weighted by Crippen LogP contribution is -2.49. The van der Waals surface area contributed by atoms with E-state index in [9.17, 15) is 4.79 Å². The Kier molecular flexibility index (Phi) is 8.15. The van der Waals surface area contributed by atoms with Crippen molar-refractivity contribution in [3.8, 4) is 0 Å². The fraction of sp³-hybridized carbons (Fsp3) is 0.545. The highest BCUT2D eigenvalue weighted by Crippen LogP contribution is 2.41. The molecule has 2 unspecified atom stereocenters. The van der Waals surface area contributed by atoms with Gasteiger partial charge in [-0.2, -0.15) is 0 Å². The molecule has 2 bridgehead atoms. The number of halogens is 2. The van der Waals surface area contributed by atoms with E-state index >= 15 is 0 Å². The van der Waals surface area contributed by atoms with Crippen molar-refractivity contribution in [3.63, 3.8) is 0 Å². The molecule has 0 radical (unpaired) electrons. The zero-order chi connectivity index (χ0) is 19.0. The first kappa shape index (κ1) is 23.7. The molecular formula is C22H32Cl2N4O. The summed E-state index contributed by atoms with van der Waals surface area (Å²) in [6.45, 7) is 0.542. The number of hydrogen-bond acceptors (Lipinski definition) is 4. The first-order valence-corrected chi connectivity index (χ1v) is 10.1. The largest absolute Gasteiger partial charge is 0.363 e. The summed E-state index contributed by atoms with van der Waals surface area (Å²) in [7, 11) is 3.98. The summed E-state index contributed by atoms with van der Waals surface area (Å²) in [5, 5.41) is 4.31. The number of nitrogens with zero attached hydrogens (tertiary/aromatic N) is 2. The number of carbonyl (C=O) groups excluding carboxylic acids is 1. The summed E-state index contributed by atoms with van der Waals surface area (Å²) in [5.41, 5.74) is 8.46. The van der Waals surface area contributed by atoms with Crippen molar-refractivity contribution < 1.29 is 4.79 Å². The predicted octanol–water partition coefficient (Wildman–Crippen LogP) is 3.91. The van der Waals surface area contributed by atoms with E-state index in [1.165, 1.54) is 19.3 Å². The number of para-hydroxylation sites is 1. The van der Waals surface area contributed by atoms with Gasteiger partial charge in [-0.1, -0.05) is 24.6 Å². The van der Waals surface area contributed by atoms with E-state index in [2.05, 4.69) is 17.4 Å². The number of nitrogens with one attached hydrogen (secondary N) is 1. The van der Waals surface area contributed by atoms with E-state index in [0.717, 1.165) is 35.1 Å². The van der Waals surface area contributed by atoms with E-state index in [4.69, 9.17) is 10.7 Å². The average molecular weight is 439 g/mol. The number of aromatic nitrogens is 1. The molecule has 3 N–H and O–H groups in total. The molecule has 2 aliphatic rings. The van der Waals surface area contributed by atoms with Gasteiger partial charge in [-0.15, -0.1) is 24.8 Å². The van der Waals surface area contributed by atoms with Crippen LogP contribution >= 0.6 is 24.8 Å². The maximum absolute atomic E-state index is 12.9. The molecule has 2 atom stereocenters. The lowest BCUT2D eigenvalue weighted by molar-refractivity contribution is -0.128. The Morgan fingerprint density at radius 2 is 1.83 bits per heavy atom. The maximum Gasteiger partial charge on any atom is 0.223 e. The number of pyridine rings is 1. The van der Waals surface area contributed by atoms with Gasteiger partial charge >= 0.3 is 0 Å². The van der Waals surface area contributed by atoms with Crippen LogP contribution in [0.2, 0.25) is 0 Å². The maximum atomic E-state index is 12.9. The standard InChI is InChI=1S/C22H30N4O.2ClH/c1-26(2)20-12-17(18-8-3-4-9-19(18)25-20)13-24-22(27)16-10-14-6-5-7-15(11-16)21(14)23;;/h3-4,8-9,12,14-16,21H,5-7,10-11,13,23H2,1-2H3,(H,24,27);2*1H. The molecule has 7 heteroatoms. The van der Waals surface area contributed by atoms with Crippen LogP contribution in [0.25, 0.3) is 10.9 Å². The second kappa shape index (κ2) is 9.96. The summed E-state index contributed by atoms with van der Waals surface area (Å²) in [6.07, 6.45) is 5.53. The summed E-state index contributed by atoms with van der Waals surface area (Å²) in [6, 6.07) is 10.5. The van der Waals surface area contributed by atoms with Gasteiger partial charge in [0.1, 0.15) is 5.82 Å². The molecule has 1 amide bonds. The molecule has 2 fully saturated rings. The van der Waals surface area contributed by atoms with Crippen LogP contribution in [0.5, 0.6) is 0 Å². The summed E-state index contributed by atoms with van der Waals surface area (Å²) >= 11 is 0. The van der Waals surface area contributed by atoms with Crippen LogP contribution in [0.3, 0.4) is 0 Å². The molecule has 2 aliphatic carbocycles. The zero-order valence-corrected chi connectivity index (χ0v) is 18.8. The van der Waals surface area contributed by atoms with Gasteiger partial charge in [0, 0.05) is 38.0 Å². The predicted molar refractivity (Wildman–Crippen MR) is 124 cm³/mol. The van der Waals surface area contributed by atoms with Crippen molar-refractivity contribution in [3.05, 3.63) is 35.9 Å². The number of carbonyl (C=O) groups is 1. The smallest absolute Gasteiger partial charge is 0.223 e. The fourth-order valence-corrected chi connectivity index (χ4v) is 4.94. The summed E-state index contributed by atoms with van der Waals surface area (Å²) in [5.74, 6) is 2.26. The molecule has 4 rings (SSSR count). The lowest BCUT2D eigenvalue weighted by Gasteiger charge is -2.43. The minimum absolute atomic E-state index is 0. The van der Waals surface area contributed by atoms with Crippen LogP contribution in [0, 0.1) is 17.8 Å². The van der Waals surface area contributed by atoms with E-state index in [1.807, 2.05) is 37.2 Å². The minimum atomic E-state index is 0. The molecule has 5 nitrogen and oxygen atoms in total. The van der Waals surface area contributed by atoms with Gasteiger partial charge < -0.3 is 16.0 Å². The Balaban J connectivity index is 0.00000150. The van der Waals surface area contributed by atoms with Crippen molar-refractivity contribution in [2.75, 3.05) is 19.0 Å². The van der Waals surface area contributed by atoms with Crippen LogP contribution in [0.1, 0.15) is 37.7 Å². The third-order valence-electron chi connectivity index (χ3n) is 6.48. The Hall–Kier alpha value is -1.56. The molecular weight excluding hydrogens is 407 g/mol. The number of benzene rings is 1. The van der Waals surface area contributed by atoms with Crippen molar-refractivity contribution >= 4 is 47.4 Å². The number of anilines is 1. The highest BCUT2D eigenvalue weighted by atomic mass is 35.5. The van der Waals surface area contributed by atoms with Gasteiger partial charge in [0.15, 0.2) is 0 Å². The third kappa shape index (κ3) is 4.96. The Labute approximate surface area is 185 Å². The number of hydrogen-bond donors (Lipinski definition) is 2. The molecule has 2 saturated carbocycles. The fourth-order valence-electron chi connectivity index (χ4n) is 4.94. The van der Waals surface area contributed by atoms with Gasteiger partial charge in [-0.05, 0) is 55.2 Å². The SMILES string of the molecule is CN(C)c1cc(CNC(=O)C2CC3CCCC(C2)C3N)c2ccccc2n1.Cl.Cl. The third-order valence-corrected chi connectivity index (χ3v) is 6.48. The van der Waals surface area contributed by atoms with Crippen molar-refractivity contribution in [1.29, 1.82) is 0 Å². The van der Waals surface area contributed by atoms with Crippen molar-refractivity contribution in [1.82, 2.24) is 10.3 Å². The van der Waals surface area contributed by atoms with Crippen LogP contribution in [0.4, 0.5) is 5.82 Å². The summed E-state index contributed by atoms with van der Waals surface area (Å²) < 4.78 is 0. The van der Waals surface area contributed by atoms with Gasteiger partial charge in [-0.25, -0.2) is 4.98 Å². The Bertz CT molecular complexity index is 831. The van der Waals surface area contributed by atoms with E-state index in [0.29, 0.717) is 24.4 Å². The van der Waals surface area contributed by atoms with Gasteiger partial charge in [0.05, 0.1) is 5.52 Å². The van der Waals surface area contributed by atoms with Crippen LogP contribution in [-0.4, -0.2) is 31.0 Å². The number of fused-ring (bicyclic) bond motifs is 3. The molecule has 29 heavy (non-hydrogen) atoms. The van der Waals surface area contributed by atoms with E-state index in [1.54, 1.807) is 0 Å². The topological polar surface area (TPSA) is 71.2 Å². The number of amides is 1. The molecule has 0 spiro atoms. The highest BCUT2D eigenvalue weighted by Gasteiger charge is 2.40. The van der Waals surface area contributed by atoms with E-state index in [-0.39, 0.29) is 36.6 Å². The number of nitrogens with two attached hydrogens (primary N) is 1. The molecule has 2 aromatic rings. The quantitative estimate of drug-likeness (QED) is 0.758. The molecule has 1 aromatic heterocycles. The minimum Gasteiger partial charge on any atom is -0.363 e. The molecule has 160 valence electrons. The van der Waals surface area contributed by atoms with Crippen LogP contribution in [0.15, 0.2) is 30.3 Å². The summed E-state index contributed by atoms with van der Waals surface area (Å²) in [4.78, 5) is 19.6. The second-order valence-electron chi connectivity index (χ2n) is 8.47. The van der Waals surface area contributed by atoms with Crippen LogP contribution < -0.4 is 16.0 Å². The molecule has 1 heterocycles. The van der Waals surface area contributed by atoms with Crippen molar-refractivity contribution in [2.24, 2.45) is 23.5 Å². The average Bonchev–Trinajstić information content (AvgIpc) is 2.65. The highest BCUT2D eigenvalue weighted by molar-refractivity contribution is 5.86. The first-order valence-electron chi connectivity index (χ1n) is 10.1. The van der Waals surface area contributed by atoms with Gasteiger partial charge in [0.2, 0.25) is 5.91 Å². The molecule has 0 aliphatic heterocycles. The second-order valence-corrected chi connectivity index (χ2v) is 8.47. The van der Waals surface area contributed by atoms with Crippen molar-refractivity contribution in [2.45, 2.75) is 44.7 Å². The first-order chi connectivity index (χ1) is 13.0. The van der Waals surface area contributed by atoms with E-state index < -0.39 is 0 Å². The lowest BCUT2D eigenvalue weighted by atomic mass is 9.65. The molecule has 0 saturated heterocycles. The normalized spacial score (nSPS) is 25.5. The Morgan fingerprint density at radius 3 is 2.48 bits per heavy atom.